The van der Waals surface area contributed by atoms with Crippen LogP contribution in [0.2, 0.25) is 0 Å². The molecule has 0 radical (unpaired) electrons. The van der Waals surface area contributed by atoms with Crippen LogP contribution >= 0.6 is 27.7 Å². The van der Waals surface area contributed by atoms with Crippen LogP contribution in [0.25, 0.3) is 0 Å². The zero-order valence-corrected chi connectivity index (χ0v) is 12.8. The molecule has 0 bridgehead atoms. The van der Waals surface area contributed by atoms with Crippen molar-refractivity contribution in [3.05, 3.63) is 56.2 Å². The summed E-state index contributed by atoms with van der Waals surface area (Å²) in [6, 6.07) is 7.42. The van der Waals surface area contributed by atoms with Crippen molar-refractivity contribution in [1.29, 1.82) is 0 Å². The van der Waals surface area contributed by atoms with E-state index in [0.29, 0.717) is 9.50 Å². The molecule has 2 rings (SSSR count). The maximum atomic E-state index is 11.0. The molecule has 0 N–H and O–H groups in total. The topological polar surface area (TPSA) is 56.0 Å². The normalized spacial score (nSPS) is 10.5. The van der Waals surface area contributed by atoms with Crippen molar-refractivity contribution in [3.8, 4) is 0 Å². The van der Waals surface area contributed by atoms with Crippen LogP contribution in [0.1, 0.15) is 11.1 Å². The highest BCUT2D eigenvalue weighted by atomic mass is 79.9. The summed E-state index contributed by atoms with van der Waals surface area (Å²) < 4.78 is 0.601. The lowest BCUT2D eigenvalue weighted by molar-refractivity contribution is -0.388. The van der Waals surface area contributed by atoms with Gasteiger partial charge in [-0.15, -0.1) is 0 Å². The Labute approximate surface area is 123 Å². The summed E-state index contributed by atoms with van der Waals surface area (Å²) in [5.41, 5.74) is 2.37. The number of hydrogen-bond donors (Lipinski definition) is 0. The van der Waals surface area contributed by atoms with Gasteiger partial charge in [-0.25, -0.2) is 4.98 Å². The summed E-state index contributed by atoms with van der Waals surface area (Å²) in [6.07, 6.45) is 1.57. The van der Waals surface area contributed by atoms with E-state index in [1.165, 1.54) is 23.4 Å². The van der Waals surface area contributed by atoms with Gasteiger partial charge >= 0.3 is 5.69 Å². The molecule has 0 atom stereocenters. The predicted octanol–water partition coefficient (Wildman–Crippen LogP) is 4.52. The van der Waals surface area contributed by atoms with Crippen molar-refractivity contribution in [3.63, 3.8) is 0 Å². The third-order valence-electron chi connectivity index (χ3n) is 2.69. The van der Waals surface area contributed by atoms with Gasteiger partial charge in [-0.2, -0.15) is 0 Å². The molecule has 6 heteroatoms. The second-order valence-electron chi connectivity index (χ2n) is 4.08. The molecule has 1 aromatic heterocycles. The summed E-state index contributed by atoms with van der Waals surface area (Å²) in [7, 11) is 0. The Morgan fingerprint density at radius 1 is 1.26 bits per heavy atom. The maximum absolute atomic E-state index is 11.0. The van der Waals surface area contributed by atoms with Crippen LogP contribution in [-0.2, 0) is 0 Å². The van der Waals surface area contributed by atoms with E-state index in [1.54, 1.807) is 6.20 Å². The van der Waals surface area contributed by atoms with Gasteiger partial charge in [0.25, 0.3) is 0 Å². The van der Waals surface area contributed by atoms with Crippen molar-refractivity contribution in [2.45, 2.75) is 23.8 Å². The number of aromatic nitrogens is 1. The lowest BCUT2D eigenvalue weighted by atomic mass is 10.1. The fourth-order valence-electron chi connectivity index (χ4n) is 1.51. The van der Waals surface area contributed by atoms with Crippen molar-refractivity contribution in [2.75, 3.05) is 0 Å². The lowest BCUT2D eigenvalue weighted by Gasteiger charge is -2.05. The molecule has 0 unspecified atom stereocenters. The van der Waals surface area contributed by atoms with Gasteiger partial charge in [0.1, 0.15) is 0 Å². The van der Waals surface area contributed by atoms with Crippen LogP contribution in [0.5, 0.6) is 0 Å². The Hall–Kier alpha value is -1.40. The SMILES string of the molecule is Cc1ccc(Sc2ncc(Br)cc2[N+](=O)[O-])cc1C. The van der Waals surface area contributed by atoms with Gasteiger partial charge in [0.2, 0.25) is 0 Å². The average molecular weight is 339 g/mol. The van der Waals surface area contributed by atoms with Crippen LogP contribution < -0.4 is 0 Å². The summed E-state index contributed by atoms with van der Waals surface area (Å²) in [5.74, 6) is 0. The molecule has 2 aromatic rings. The molecular formula is C13H11BrN2O2S. The molecular weight excluding hydrogens is 328 g/mol. The van der Waals surface area contributed by atoms with E-state index < -0.39 is 4.92 Å². The highest BCUT2D eigenvalue weighted by molar-refractivity contribution is 9.10. The lowest BCUT2D eigenvalue weighted by Crippen LogP contribution is -1.93. The fourth-order valence-corrected chi connectivity index (χ4v) is 2.77. The molecule has 0 fully saturated rings. The predicted molar refractivity (Wildman–Crippen MR) is 78.6 cm³/mol. The quantitative estimate of drug-likeness (QED) is 0.609. The maximum Gasteiger partial charge on any atom is 0.302 e. The molecule has 98 valence electrons. The number of halogens is 1. The van der Waals surface area contributed by atoms with E-state index in [2.05, 4.69) is 20.9 Å². The number of benzene rings is 1. The molecule has 19 heavy (non-hydrogen) atoms. The van der Waals surface area contributed by atoms with Gasteiger partial charge in [0.05, 0.1) is 4.92 Å². The van der Waals surface area contributed by atoms with Crippen LogP contribution in [-0.4, -0.2) is 9.91 Å². The third kappa shape index (κ3) is 3.33. The standard InChI is InChI=1S/C13H11BrN2O2S/c1-8-3-4-11(5-9(8)2)19-13-12(16(17)18)6-10(14)7-15-13/h3-7H,1-2H3. The van der Waals surface area contributed by atoms with E-state index >= 15 is 0 Å². The number of hydrogen-bond acceptors (Lipinski definition) is 4. The molecule has 0 saturated heterocycles. The molecule has 0 aliphatic carbocycles. The minimum Gasteiger partial charge on any atom is -0.258 e. The Kier molecular flexibility index (Phi) is 4.21. The first-order valence-corrected chi connectivity index (χ1v) is 7.13. The number of aryl methyl sites for hydroxylation is 2. The van der Waals surface area contributed by atoms with E-state index in [4.69, 9.17) is 0 Å². The summed E-state index contributed by atoms with van der Waals surface area (Å²) in [5, 5.41) is 11.4. The summed E-state index contributed by atoms with van der Waals surface area (Å²) >= 11 is 4.50. The van der Waals surface area contributed by atoms with Crippen molar-refractivity contribution in [1.82, 2.24) is 4.98 Å². The summed E-state index contributed by atoms with van der Waals surface area (Å²) in [6.45, 7) is 4.05. The minimum atomic E-state index is -0.416. The van der Waals surface area contributed by atoms with E-state index in [1.807, 2.05) is 32.0 Å². The van der Waals surface area contributed by atoms with E-state index in [0.717, 1.165) is 10.5 Å². The Morgan fingerprint density at radius 2 is 2.00 bits per heavy atom. The van der Waals surface area contributed by atoms with Gasteiger partial charge in [-0.1, -0.05) is 17.8 Å². The molecule has 1 heterocycles. The van der Waals surface area contributed by atoms with Crippen LogP contribution in [0.4, 0.5) is 5.69 Å². The Balaban J connectivity index is 2.37. The van der Waals surface area contributed by atoms with Gasteiger partial charge < -0.3 is 0 Å². The van der Waals surface area contributed by atoms with Crippen LogP contribution in [0.3, 0.4) is 0 Å². The van der Waals surface area contributed by atoms with Gasteiger partial charge in [-0.05, 0) is 53.0 Å². The van der Waals surface area contributed by atoms with Crippen molar-refractivity contribution in [2.24, 2.45) is 0 Å². The Bertz CT molecular complexity index is 647. The molecule has 0 spiro atoms. The van der Waals surface area contributed by atoms with Crippen LogP contribution in [0.15, 0.2) is 44.9 Å². The first kappa shape index (κ1) is 14.0. The molecule has 0 amide bonds. The van der Waals surface area contributed by atoms with Crippen molar-refractivity contribution < 1.29 is 4.92 Å². The summed E-state index contributed by atoms with van der Waals surface area (Å²) in [4.78, 5) is 15.7. The molecule has 0 aliphatic rings. The second-order valence-corrected chi connectivity index (χ2v) is 6.06. The van der Waals surface area contributed by atoms with E-state index in [-0.39, 0.29) is 5.69 Å². The zero-order chi connectivity index (χ0) is 14.0. The largest absolute Gasteiger partial charge is 0.302 e. The average Bonchev–Trinajstić information content (AvgIpc) is 2.36. The molecule has 0 aliphatic heterocycles. The second kappa shape index (κ2) is 5.71. The molecule has 0 saturated carbocycles. The van der Waals surface area contributed by atoms with Gasteiger partial charge in [0.15, 0.2) is 5.03 Å². The number of nitro groups is 1. The smallest absolute Gasteiger partial charge is 0.258 e. The zero-order valence-electron chi connectivity index (χ0n) is 10.4. The number of pyridine rings is 1. The van der Waals surface area contributed by atoms with E-state index in [9.17, 15) is 10.1 Å². The molecule has 1 aromatic carbocycles. The van der Waals surface area contributed by atoms with Crippen molar-refractivity contribution >= 4 is 33.4 Å². The monoisotopic (exact) mass is 338 g/mol. The molecule has 4 nitrogen and oxygen atoms in total. The van der Waals surface area contributed by atoms with Crippen LogP contribution in [0, 0.1) is 24.0 Å². The first-order chi connectivity index (χ1) is 8.97. The first-order valence-electron chi connectivity index (χ1n) is 5.52. The third-order valence-corrected chi connectivity index (χ3v) is 4.12. The van der Waals surface area contributed by atoms with Gasteiger partial charge in [0, 0.05) is 21.6 Å². The number of rotatable bonds is 3. The number of nitrogens with zero attached hydrogens (tertiary/aromatic N) is 2. The highest BCUT2D eigenvalue weighted by Gasteiger charge is 2.17. The fraction of sp³-hybridized carbons (Fsp3) is 0.154. The Morgan fingerprint density at radius 3 is 2.63 bits per heavy atom. The van der Waals surface area contributed by atoms with Gasteiger partial charge in [-0.3, -0.25) is 10.1 Å². The highest BCUT2D eigenvalue weighted by Crippen LogP contribution is 2.34. The minimum absolute atomic E-state index is 0.0117.